The third-order valence-corrected chi connectivity index (χ3v) is 3.89. The van der Waals surface area contributed by atoms with Crippen LogP contribution in [-0.2, 0) is 0 Å². The molecule has 0 heterocycles. The Balaban J connectivity index is 1.72. The molecule has 0 aliphatic carbocycles. The van der Waals surface area contributed by atoms with Gasteiger partial charge in [0.1, 0.15) is 5.82 Å². The summed E-state index contributed by atoms with van der Waals surface area (Å²) in [6.45, 7) is 1.82. The second-order valence-corrected chi connectivity index (χ2v) is 5.78. The fourth-order valence-corrected chi connectivity index (χ4v) is 2.51. The number of carbonyl (C=O) groups is 2. The highest BCUT2D eigenvalue weighted by Crippen LogP contribution is 2.21. The van der Waals surface area contributed by atoms with Gasteiger partial charge in [0, 0.05) is 16.9 Å². The van der Waals surface area contributed by atoms with Crippen LogP contribution in [0.25, 0.3) is 0 Å². The van der Waals surface area contributed by atoms with Crippen molar-refractivity contribution >= 4 is 23.2 Å². The van der Waals surface area contributed by atoms with Crippen molar-refractivity contribution in [1.82, 2.24) is 0 Å². The Morgan fingerprint density at radius 2 is 1.50 bits per heavy atom. The van der Waals surface area contributed by atoms with E-state index in [1.54, 1.807) is 48.5 Å². The lowest BCUT2D eigenvalue weighted by molar-refractivity contribution is 0.101. The van der Waals surface area contributed by atoms with Gasteiger partial charge in [0.05, 0.1) is 5.56 Å². The van der Waals surface area contributed by atoms with Crippen molar-refractivity contribution in [2.75, 3.05) is 10.6 Å². The van der Waals surface area contributed by atoms with E-state index < -0.39 is 11.7 Å². The van der Waals surface area contributed by atoms with E-state index in [1.165, 1.54) is 18.2 Å². The van der Waals surface area contributed by atoms with Crippen LogP contribution in [0.2, 0.25) is 0 Å². The Labute approximate surface area is 150 Å². The van der Waals surface area contributed by atoms with Crippen molar-refractivity contribution in [2.45, 2.75) is 6.92 Å². The molecule has 26 heavy (non-hydrogen) atoms. The number of benzene rings is 3. The van der Waals surface area contributed by atoms with Crippen LogP contribution in [0.3, 0.4) is 0 Å². The van der Waals surface area contributed by atoms with E-state index in [1.807, 2.05) is 13.0 Å². The second-order valence-electron chi connectivity index (χ2n) is 5.78. The number of nitrogens with one attached hydrogen (secondary N) is 2. The lowest BCUT2D eigenvalue weighted by atomic mass is 10.1. The summed E-state index contributed by atoms with van der Waals surface area (Å²) in [5, 5.41) is 5.50. The predicted molar refractivity (Wildman–Crippen MR) is 99.9 cm³/mol. The summed E-state index contributed by atoms with van der Waals surface area (Å²) in [5.74, 6) is -1.31. The maximum atomic E-state index is 13.7. The fraction of sp³-hybridized carbons (Fsp3) is 0.0476. The lowest BCUT2D eigenvalue weighted by Crippen LogP contribution is -2.15. The molecule has 0 saturated heterocycles. The standard InChI is InChI=1S/C21H17FN2O2/c1-14-13-16(23-21(26)17-9-5-6-10-18(17)22)11-12-19(14)24-20(25)15-7-3-2-4-8-15/h2-13H,1H3,(H,23,26)(H,24,25). The van der Waals surface area contributed by atoms with Crippen molar-refractivity contribution in [3.63, 3.8) is 0 Å². The van der Waals surface area contributed by atoms with Gasteiger partial charge >= 0.3 is 0 Å². The molecule has 3 rings (SSSR count). The average Bonchev–Trinajstić information content (AvgIpc) is 2.65. The van der Waals surface area contributed by atoms with E-state index in [-0.39, 0.29) is 11.5 Å². The maximum absolute atomic E-state index is 13.7. The van der Waals surface area contributed by atoms with Gasteiger partial charge in [-0.25, -0.2) is 4.39 Å². The van der Waals surface area contributed by atoms with Crippen LogP contribution in [0.4, 0.5) is 15.8 Å². The number of aryl methyl sites for hydroxylation is 1. The zero-order chi connectivity index (χ0) is 18.5. The van der Waals surface area contributed by atoms with Crippen LogP contribution in [0.15, 0.2) is 72.8 Å². The Kier molecular flexibility index (Phi) is 5.08. The summed E-state index contributed by atoms with van der Waals surface area (Å²) in [7, 11) is 0. The van der Waals surface area contributed by atoms with Crippen LogP contribution in [0.5, 0.6) is 0 Å². The van der Waals surface area contributed by atoms with Gasteiger partial charge in [0.15, 0.2) is 0 Å². The van der Waals surface area contributed by atoms with Crippen LogP contribution in [0.1, 0.15) is 26.3 Å². The smallest absolute Gasteiger partial charge is 0.258 e. The summed E-state index contributed by atoms with van der Waals surface area (Å²) in [4.78, 5) is 24.4. The molecule has 0 spiro atoms. The Morgan fingerprint density at radius 1 is 0.808 bits per heavy atom. The van der Waals surface area contributed by atoms with Gasteiger partial charge in [-0.05, 0) is 55.0 Å². The van der Waals surface area contributed by atoms with Gasteiger partial charge in [0.2, 0.25) is 0 Å². The molecule has 0 fully saturated rings. The molecule has 0 atom stereocenters. The Hall–Kier alpha value is -3.47. The van der Waals surface area contributed by atoms with E-state index in [0.29, 0.717) is 16.9 Å². The Bertz CT molecular complexity index is 955. The molecule has 0 saturated carbocycles. The monoisotopic (exact) mass is 348 g/mol. The minimum atomic E-state index is -0.575. The average molecular weight is 348 g/mol. The highest BCUT2D eigenvalue weighted by atomic mass is 19.1. The molecular formula is C21H17FN2O2. The largest absolute Gasteiger partial charge is 0.322 e. The number of halogens is 1. The number of anilines is 2. The van der Waals surface area contributed by atoms with Crippen LogP contribution < -0.4 is 10.6 Å². The molecule has 0 aromatic heterocycles. The topological polar surface area (TPSA) is 58.2 Å². The van der Waals surface area contributed by atoms with Crippen LogP contribution >= 0.6 is 0 Å². The van der Waals surface area contributed by atoms with Gasteiger partial charge in [0.25, 0.3) is 11.8 Å². The highest BCUT2D eigenvalue weighted by Gasteiger charge is 2.12. The fourth-order valence-electron chi connectivity index (χ4n) is 2.51. The van der Waals surface area contributed by atoms with Crippen LogP contribution in [-0.4, -0.2) is 11.8 Å². The van der Waals surface area contributed by atoms with E-state index in [2.05, 4.69) is 10.6 Å². The molecule has 0 unspecified atom stereocenters. The first-order valence-corrected chi connectivity index (χ1v) is 8.07. The molecule has 3 aromatic rings. The van der Waals surface area contributed by atoms with Crippen molar-refractivity contribution in [2.24, 2.45) is 0 Å². The van der Waals surface area contributed by atoms with E-state index in [0.717, 1.165) is 5.56 Å². The number of hydrogen-bond donors (Lipinski definition) is 2. The normalized spacial score (nSPS) is 10.2. The van der Waals surface area contributed by atoms with Crippen LogP contribution in [0, 0.1) is 12.7 Å². The summed E-state index contributed by atoms with van der Waals surface area (Å²) in [6.07, 6.45) is 0. The molecule has 0 aliphatic rings. The zero-order valence-corrected chi connectivity index (χ0v) is 14.1. The molecule has 130 valence electrons. The third-order valence-electron chi connectivity index (χ3n) is 3.89. The molecule has 3 aromatic carbocycles. The van der Waals surface area contributed by atoms with Gasteiger partial charge in [-0.2, -0.15) is 0 Å². The molecule has 0 radical (unpaired) electrons. The second kappa shape index (κ2) is 7.61. The van der Waals surface area contributed by atoms with E-state index in [9.17, 15) is 14.0 Å². The van der Waals surface area contributed by atoms with Gasteiger partial charge < -0.3 is 10.6 Å². The number of hydrogen-bond acceptors (Lipinski definition) is 2. The zero-order valence-electron chi connectivity index (χ0n) is 14.1. The van der Waals surface area contributed by atoms with Crippen molar-refractivity contribution in [1.29, 1.82) is 0 Å². The minimum Gasteiger partial charge on any atom is -0.322 e. The van der Waals surface area contributed by atoms with Gasteiger partial charge in [-0.3, -0.25) is 9.59 Å². The quantitative estimate of drug-likeness (QED) is 0.722. The maximum Gasteiger partial charge on any atom is 0.258 e. The third kappa shape index (κ3) is 3.95. The molecule has 0 bridgehead atoms. The number of carbonyl (C=O) groups excluding carboxylic acids is 2. The molecular weight excluding hydrogens is 331 g/mol. The van der Waals surface area contributed by atoms with E-state index in [4.69, 9.17) is 0 Å². The molecule has 2 amide bonds. The summed E-state index contributed by atoms with van der Waals surface area (Å²) in [5.41, 5.74) is 2.48. The summed E-state index contributed by atoms with van der Waals surface area (Å²) >= 11 is 0. The van der Waals surface area contributed by atoms with Gasteiger partial charge in [-0.15, -0.1) is 0 Å². The molecule has 4 nitrogen and oxygen atoms in total. The lowest BCUT2D eigenvalue weighted by Gasteiger charge is -2.11. The predicted octanol–water partition coefficient (Wildman–Crippen LogP) is 4.64. The molecule has 0 aliphatic heterocycles. The van der Waals surface area contributed by atoms with Gasteiger partial charge in [-0.1, -0.05) is 30.3 Å². The first-order valence-electron chi connectivity index (χ1n) is 8.07. The summed E-state index contributed by atoms with van der Waals surface area (Å²) in [6, 6.07) is 19.8. The first-order chi connectivity index (χ1) is 12.5. The SMILES string of the molecule is Cc1cc(NC(=O)c2ccccc2F)ccc1NC(=O)c1ccccc1. The molecule has 2 N–H and O–H groups in total. The summed E-state index contributed by atoms with van der Waals surface area (Å²) < 4.78 is 13.7. The van der Waals surface area contributed by atoms with Crippen molar-refractivity contribution in [3.8, 4) is 0 Å². The first kappa shape index (κ1) is 17.4. The van der Waals surface area contributed by atoms with E-state index >= 15 is 0 Å². The van der Waals surface area contributed by atoms with Crippen molar-refractivity contribution < 1.29 is 14.0 Å². The molecule has 5 heteroatoms. The highest BCUT2D eigenvalue weighted by molar-refractivity contribution is 6.06. The number of rotatable bonds is 4. The Morgan fingerprint density at radius 3 is 2.19 bits per heavy atom. The minimum absolute atomic E-state index is 0.0217. The number of amides is 2. The van der Waals surface area contributed by atoms with Crippen molar-refractivity contribution in [3.05, 3.63) is 95.3 Å².